The number of thiazole rings is 1. The molecule has 0 aliphatic carbocycles. The van der Waals surface area contributed by atoms with Gasteiger partial charge in [0.1, 0.15) is 5.75 Å². The highest BCUT2D eigenvalue weighted by atomic mass is 35.5. The van der Waals surface area contributed by atoms with E-state index in [1.807, 2.05) is 31.2 Å². The number of aromatic nitrogens is 1. The number of aryl methyl sites for hydroxylation is 1. The smallest absolute Gasteiger partial charge is 0.264 e. The van der Waals surface area contributed by atoms with Crippen LogP contribution in [0.3, 0.4) is 0 Å². The maximum absolute atomic E-state index is 12.1. The average Bonchev–Trinajstić information content (AvgIpc) is 2.93. The van der Waals surface area contributed by atoms with Crippen LogP contribution in [0, 0.1) is 6.92 Å². The van der Waals surface area contributed by atoms with Gasteiger partial charge in [0.05, 0.1) is 5.69 Å². The Bertz CT molecular complexity index is 912. The number of amides is 1. The Balaban J connectivity index is 1.65. The summed E-state index contributed by atoms with van der Waals surface area (Å²) < 4.78 is 5.42. The van der Waals surface area contributed by atoms with Gasteiger partial charge in [-0.05, 0) is 37.3 Å². The lowest BCUT2D eigenvalue weighted by Gasteiger charge is -2.05. The Kier molecular flexibility index (Phi) is 5.58. The van der Waals surface area contributed by atoms with Gasteiger partial charge < -0.3 is 4.74 Å². The van der Waals surface area contributed by atoms with Crippen molar-refractivity contribution in [3.8, 4) is 17.0 Å². The van der Waals surface area contributed by atoms with E-state index in [4.69, 9.17) is 27.9 Å². The van der Waals surface area contributed by atoms with Crippen LogP contribution in [0.15, 0.2) is 48.5 Å². The topological polar surface area (TPSA) is 51.2 Å². The van der Waals surface area contributed by atoms with Gasteiger partial charge in [-0.15, -0.1) is 11.3 Å². The highest BCUT2D eigenvalue weighted by Gasteiger charge is 2.13. The summed E-state index contributed by atoms with van der Waals surface area (Å²) in [5.41, 5.74) is 1.72. The predicted octanol–water partition coefficient (Wildman–Crippen LogP) is 5.44. The van der Waals surface area contributed by atoms with Crippen LogP contribution in [0.1, 0.15) is 4.88 Å². The van der Waals surface area contributed by atoms with Crippen LogP contribution in [-0.2, 0) is 4.79 Å². The van der Waals surface area contributed by atoms with Crippen molar-refractivity contribution in [1.82, 2.24) is 4.98 Å². The molecule has 0 saturated heterocycles. The molecule has 0 spiro atoms. The summed E-state index contributed by atoms with van der Waals surface area (Å²) in [7, 11) is 0. The van der Waals surface area contributed by atoms with Crippen LogP contribution < -0.4 is 10.1 Å². The van der Waals surface area contributed by atoms with E-state index in [2.05, 4.69) is 10.3 Å². The van der Waals surface area contributed by atoms with Crippen molar-refractivity contribution in [2.75, 3.05) is 11.9 Å². The highest BCUT2D eigenvalue weighted by molar-refractivity contribution is 7.16. The fourth-order valence-electron chi connectivity index (χ4n) is 2.21. The summed E-state index contributed by atoms with van der Waals surface area (Å²) in [5, 5.41) is 4.47. The summed E-state index contributed by atoms with van der Waals surface area (Å²) in [4.78, 5) is 17.5. The Morgan fingerprint density at radius 1 is 1.16 bits per heavy atom. The normalized spacial score (nSPS) is 10.5. The first-order valence-corrected chi connectivity index (χ1v) is 9.00. The van der Waals surface area contributed by atoms with Crippen molar-refractivity contribution in [2.45, 2.75) is 6.92 Å². The van der Waals surface area contributed by atoms with Crippen LogP contribution in [0.5, 0.6) is 5.75 Å². The van der Waals surface area contributed by atoms with E-state index in [9.17, 15) is 4.79 Å². The van der Waals surface area contributed by atoms with Crippen LogP contribution in [0.4, 0.5) is 5.13 Å². The summed E-state index contributed by atoms with van der Waals surface area (Å²) in [6.45, 7) is 1.83. The third-order valence-corrected chi connectivity index (χ3v) is 4.66. The summed E-state index contributed by atoms with van der Waals surface area (Å²) in [6, 6.07) is 14.3. The fraction of sp³-hybridized carbons (Fsp3) is 0.111. The zero-order chi connectivity index (χ0) is 17.8. The van der Waals surface area contributed by atoms with Crippen molar-refractivity contribution in [3.05, 3.63) is 63.5 Å². The first-order valence-electron chi connectivity index (χ1n) is 7.43. The number of halogens is 2. The third kappa shape index (κ3) is 4.72. The summed E-state index contributed by atoms with van der Waals surface area (Å²) >= 11 is 13.3. The second kappa shape index (κ2) is 7.87. The van der Waals surface area contributed by atoms with Gasteiger partial charge in [0, 0.05) is 20.5 Å². The van der Waals surface area contributed by atoms with Crippen molar-refractivity contribution >= 4 is 45.6 Å². The first-order chi connectivity index (χ1) is 12.0. The van der Waals surface area contributed by atoms with Gasteiger partial charge in [-0.25, -0.2) is 4.98 Å². The van der Waals surface area contributed by atoms with Crippen LogP contribution >= 0.6 is 34.5 Å². The number of ether oxygens (including phenoxy) is 1. The molecular formula is C18H14Cl2N2O2S. The minimum absolute atomic E-state index is 0.120. The molecule has 3 aromatic rings. The zero-order valence-electron chi connectivity index (χ0n) is 13.3. The SMILES string of the molecule is Cc1sc(NC(=O)COc2cccc(Cl)c2)nc1-c1cccc(Cl)c1. The number of hydrogen-bond acceptors (Lipinski definition) is 4. The number of rotatable bonds is 5. The molecule has 1 N–H and O–H groups in total. The molecule has 3 rings (SSSR count). The van der Waals surface area contributed by atoms with Crippen molar-refractivity contribution < 1.29 is 9.53 Å². The second-order valence-corrected chi connectivity index (χ2v) is 7.30. The molecule has 0 aliphatic rings. The standard InChI is InChI=1S/C18H14Cl2N2O2S/c1-11-17(12-4-2-5-13(19)8-12)22-18(25-11)21-16(23)10-24-15-7-3-6-14(20)9-15/h2-9H,10H2,1H3,(H,21,22,23). The van der Waals surface area contributed by atoms with Gasteiger partial charge in [0.15, 0.2) is 11.7 Å². The van der Waals surface area contributed by atoms with Crippen LogP contribution in [0.25, 0.3) is 11.3 Å². The molecule has 2 aromatic carbocycles. The number of carbonyl (C=O) groups excluding carboxylic acids is 1. The molecule has 0 atom stereocenters. The van der Waals surface area contributed by atoms with Gasteiger partial charge in [-0.3, -0.25) is 10.1 Å². The molecule has 1 aromatic heterocycles. The summed E-state index contributed by atoms with van der Waals surface area (Å²) in [5.74, 6) is 0.254. The minimum Gasteiger partial charge on any atom is -0.484 e. The molecule has 0 saturated carbocycles. The molecule has 7 heteroatoms. The number of carbonyl (C=O) groups is 1. The van der Waals surface area contributed by atoms with Crippen LogP contribution in [-0.4, -0.2) is 17.5 Å². The van der Waals surface area contributed by atoms with E-state index >= 15 is 0 Å². The van der Waals surface area contributed by atoms with Gasteiger partial charge in [-0.2, -0.15) is 0 Å². The fourth-order valence-corrected chi connectivity index (χ4v) is 3.44. The Hall–Kier alpha value is -2.08. The lowest BCUT2D eigenvalue weighted by Crippen LogP contribution is -2.20. The van der Waals surface area contributed by atoms with E-state index < -0.39 is 0 Å². The maximum Gasteiger partial charge on any atom is 0.264 e. The Morgan fingerprint density at radius 3 is 2.60 bits per heavy atom. The predicted molar refractivity (Wildman–Crippen MR) is 103 cm³/mol. The van der Waals surface area contributed by atoms with Gasteiger partial charge in [0.25, 0.3) is 5.91 Å². The quantitative estimate of drug-likeness (QED) is 0.628. The largest absolute Gasteiger partial charge is 0.484 e. The molecule has 0 radical (unpaired) electrons. The maximum atomic E-state index is 12.1. The van der Waals surface area contributed by atoms with E-state index in [0.717, 1.165) is 16.1 Å². The third-order valence-electron chi connectivity index (χ3n) is 3.31. The first kappa shape index (κ1) is 17.7. The van der Waals surface area contributed by atoms with E-state index in [0.29, 0.717) is 20.9 Å². The molecule has 1 heterocycles. The average molecular weight is 393 g/mol. The zero-order valence-corrected chi connectivity index (χ0v) is 15.6. The minimum atomic E-state index is -0.286. The molecule has 25 heavy (non-hydrogen) atoms. The van der Waals surface area contributed by atoms with Crippen molar-refractivity contribution in [1.29, 1.82) is 0 Å². The number of nitrogens with zero attached hydrogens (tertiary/aromatic N) is 1. The lowest BCUT2D eigenvalue weighted by atomic mass is 10.1. The molecule has 4 nitrogen and oxygen atoms in total. The Labute approximate surface area is 159 Å². The van der Waals surface area contributed by atoms with Gasteiger partial charge >= 0.3 is 0 Å². The number of benzene rings is 2. The molecule has 1 amide bonds. The monoisotopic (exact) mass is 392 g/mol. The summed E-state index contributed by atoms with van der Waals surface area (Å²) in [6.07, 6.45) is 0. The van der Waals surface area contributed by atoms with Crippen molar-refractivity contribution in [2.24, 2.45) is 0 Å². The molecular weight excluding hydrogens is 379 g/mol. The highest BCUT2D eigenvalue weighted by Crippen LogP contribution is 2.31. The van der Waals surface area contributed by atoms with E-state index in [1.165, 1.54) is 11.3 Å². The van der Waals surface area contributed by atoms with E-state index in [1.54, 1.807) is 24.3 Å². The van der Waals surface area contributed by atoms with Gasteiger partial charge in [-0.1, -0.05) is 41.4 Å². The number of hydrogen-bond donors (Lipinski definition) is 1. The lowest BCUT2D eigenvalue weighted by molar-refractivity contribution is -0.118. The number of nitrogens with one attached hydrogen (secondary N) is 1. The molecule has 0 bridgehead atoms. The Morgan fingerprint density at radius 2 is 1.88 bits per heavy atom. The van der Waals surface area contributed by atoms with Crippen LogP contribution in [0.2, 0.25) is 10.0 Å². The number of anilines is 1. The van der Waals surface area contributed by atoms with Gasteiger partial charge in [0.2, 0.25) is 0 Å². The molecule has 128 valence electrons. The molecule has 0 fully saturated rings. The molecule has 0 aliphatic heterocycles. The molecule has 0 unspecified atom stereocenters. The second-order valence-electron chi connectivity index (χ2n) is 5.23. The van der Waals surface area contributed by atoms with E-state index in [-0.39, 0.29) is 12.5 Å². The van der Waals surface area contributed by atoms with Crippen molar-refractivity contribution in [3.63, 3.8) is 0 Å².